The van der Waals surface area contributed by atoms with E-state index in [-0.39, 0.29) is 5.75 Å². The predicted molar refractivity (Wildman–Crippen MR) is 118 cm³/mol. The van der Waals surface area contributed by atoms with Crippen molar-refractivity contribution in [2.75, 3.05) is 25.5 Å². The number of rotatable bonds is 7. The highest BCUT2D eigenvalue weighted by Gasteiger charge is 2.12. The number of ether oxygens (including phenoxy) is 1. The SMILES string of the molecule is COc1cc(C=NCCNc2ncnc3scc(-c4ccccc4)c23)ccc1O. The van der Waals surface area contributed by atoms with Crippen LogP contribution in [0.25, 0.3) is 21.3 Å². The Balaban J connectivity index is 1.46. The fourth-order valence-electron chi connectivity index (χ4n) is 3.02. The van der Waals surface area contributed by atoms with Crippen LogP contribution in [0.4, 0.5) is 5.82 Å². The lowest BCUT2D eigenvalue weighted by Gasteiger charge is -2.07. The van der Waals surface area contributed by atoms with Crippen molar-refractivity contribution in [2.24, 2.45) is 4.99 Å². The molecule has 0 fully saturated rings. The van der Waals surface area contributed by atoms with Gasteiger partial charge in [0.05, 0.1) is 19.0 Å². The summed E-state index contributed by atoms with van der Waals surface area (Å²) in [6.07, 6.45) is 3.35. The molecule has 2 heterocycles. The molecule has 146 valence electrons. The lowest BCUT2D eigenvalue weighted by Crippen LogP contribution is -2.07. The first-order chi connectivity index (χ1) is 14.3. The molecule has 0 radical (unpaired) electrons. The van der Waals surface area contributed by atoms with Crippen molar-refractivity contribution in [3.05, 3.63) is 65.8 Å². The zero-order valence-electron chi connectivity index (χ0n) is 15.9. The van der Waals surface area contributed by atoms with E-state index in [9.17, 15) is 5.11 Å². The number of hydrogen-bond acceptors (Lipinski definition) is 7. The molecular weight excluding hydrogens is 384 g/mol. The van der Waals surface area contributed by atoms with Crippen molar-refractivity contribution in [1.29, 1.82) is 0 Å². The number of phenolic OH excluding ortho intramolecular Hbond substituents is 1. The number of aromatic hydroxyl groups is 1. The van der Waals surface area contributed by atoms with E-state index in [0.29, 0.717) is 18.8 Å². The Hall–Kier alpha value is -3.45. The van der Waals surface area contributed by atoms with Crippen LogP contribution < -0.4 is 10.1 Å². The van der Waals surface area contributed by atoms with E-state index in [2.05, 4.69) is 37.8 Å². The summed E-state index contributed by atoms with van der Waals surface area (Å²) in [6.45, 7) is 1.22. The standard InChI is InChI=1S/C22H20N4O2S/c1-28-19-11-15(7-8-18(19)27)12-23-9-10-24-21-20-17(16-5-3-2-4-6-16)13-29-22(20)26-14-25-21/h2-8,11-14,27H,9-10H2,1H3,(H,24,25,26). The van der Waals surface area contributed by atoms with Crippen LogP contribution in [0.5, 0.6) is 11.5 Å². The summed E-state index contributed by atoms with van der Waals surface area (Å²) >= 11 is 1.62. The van der Waals surface area contributed by atoms with Crippen LogP contribution in [0.1, 0.15) is 5.56 Å². The molecule has 4 aromatic rings. The van der Waals surface area contributed by atoms with Crippen LogP contribution in [-0.2, 0) is 0 Å². The molecule has 0 aliphatic carbocycles. The largest absolute Gasteiger partial charge is 0.504 e. The molecule has 0 spiro atoms. The van der Waals surface area contributed by atoms with Crippen molar-refractivity contribution >= 4 is 33.6 Å². The molecule has 0 bridgehead atoms. The molecule has 29 heavy (non-hydrogen) atoms. The Bertz CT molecular complexity index is 1140. The lowest BCUT2D eigenvalue weighted by atomic mass is 10.1. The fraction of sp³-hybridized carbons (Fsp3) is 0.136. The van der Waals surface area contributed by atoms with Crippen molar-refractivity contribution in [3.8, 4) is 22.6 Å². The summed E-state index contributed by atoms with van der Waals surface area (Å²) in [7, 11) is 1.52. The number of nitrogens with zero attached hydrogens (tertiary/aromatic N) is 3. The summed E-state index contributed by atoms with van der Waals surface area (Å²) in [5, 5.41) is 16.2. The quantitative estimate of drug-likeness (QED) is 0.347. The summed E-state index contributed by atoms with van der Waals surface area (Å²) < 4.78 is 5.11. The first-order valence-electron chi connectivity index (χ1n) is 9.14. The van der Waals surface area contributed by atoms with Gasteiger partial charge in [-0.05, 0) is 29.3 Å². The van der Waals surface area contributed by atoms with E-state index in [4.69, 9.17) is 4.74 Å². The van der Waals surface area contributed by atoms with Crippen molar-refractivity contribution in [1.82, 2.24) is 9.97 Å². The number of anilines is 1. The maximum Gasteiger partial charge on any atom is 0.161 e. The molecule has 0 aliphatic heterocycles. The molecule has 0 aliphatic rings. The molecule has 0 unspecified atom stereocenters. The molecule has 0 amide bonds. The minimum absolute atomic E-state index is 0.115. The van der Waals surface area contributed by atoms with E-state index in [1.165, 1.54) is 7.11 Å². The van der Waals surface area contributed by atoms with Crippen molar-refractivity contribution in [2.45, 2.75) is 0 Å². The zero-order chi connectivity index (χ0) is 20.1. The molecule has 2 N–H and O–H groups in total. The average molecular weight is 404 g/mol. The van der Waals surface area contributed by atoms with E-state index >= 15 is 0 Å². The van der Waals surface area contributed by atoms with E-state index < -0.39 is 0 Å². The highest BCUT2D eigenvalue weighted by Crippen LogP contribution is 2.36. The highest BCUT2D eigenvalue weighted by molar-refractivity contribution is 7.17. The van der Waals surface area contributed by atoms with Gasteiger partial charge < -0.3 is 15.2 Å². The van der Waals surface area contributed by atoms with Gasteiger partial charge in [0.2, 0.25) is 0 Å². The Labute approximate surface area is 172 Å². The van der Waals surface area contributed by atoms with Crippen molar-refractivity contribution < 1.29 is 9.84 Å². The van der Waals surface area contributed by atoms with Crippen molar-refractivity contribution in [3.63, 3.8) is 0 Å². The number of methoxy groups -OCH3 is 1. The van der Waals surface area contributed by atoms with Crippen LogP contribution in [0.15, 0.2) is 65.2 Å². The Morgan fingerprint density at radius 1 is 1.17 bits per heavy atom. The van der Waals surface area contributed by atoms with Crippen LogP contribution in [0, 0.1) is 0 Å². The second-order valence-electron chi connectivity index (χ2n) is 6.31. The second-order valence-corrected chi connectivity index (χ2v) is 7.17. The van der Waals surface area contributed by atoms with E-state index in [0.717, 1.165) is 32.7 Å². The van der Waals surface area contributed by atoms with Gasteiger partial charge in [-0.25, -0.2) is 9.97 Å². The van der Waals surface area contributed by atoms with Gasteiger partial charge in [-0.3, -0.25) is 4.99 Å². The summed E-state index contributed by atoms with van der Waals surface area (Å²) in [6, 6.07) is 15.4. The van der Waals surface area contributed by atoms with Gasteiger partial charge >= 0.3 is 0 Å². The maximum absolute atomic E-state index is 9.65. The smallest absolute Gasteiger partial charge is 0.161 e. The molecule has 2 aromatic carbocycles. The molecule has 7 heteroatoms. The maximum atomic E-state index is 9.65. The molecule has 6 nitrogen and oxygen atoms in total. The summed E-state index contributed by atoms with van der Waals surface area (Å²) in [4.78, 5) is 14.2. The highest BCUT2D eigenvalue weighted by atomic mass is 32.1. The minimum atomic E-state index is 0.115. The van der Waals surface area contributed by atoms with Gasteiger partial charge in [-0.2, -0.15) is 0 Å². The van der Waals surface area contributed by atoms with Crippen LogP contribution in [-0.4, -0.2) is 41.5 Å². The molecule has 0 saturated heterocycles. The molecular formula is C22H20N4O2S. The minimum Gasteiger partial charge on any atom is -0.504 e. The number of hydrogen-bond donors (Lipinski definition) is 2. The average Bonchev–Trinajstić information content (AvgIpc) is 3.20. The third-order valence-corrected chi connectivity index (χ3v) is 5.32. The normalized spacial score (nSPS) is 11.2. The number of aromatic nitrogens is 2. The van der Waals surface area contributed by atoms with Gasteiger partial charge in [0.1, 0.15) is 17.0 Å². The Kier molecular flexibility index (Phi) is 5.67. The fourth-order valence-corrected chi connectivity index (χ4v) is 3.94. The zero-order valence-corrected chi connectivity index (χ0v) is 16.7. The number of phenols is 1. The second kappa shape index (κ2) is 8.70. The van der Waals surface area contributed by atoms with Gasteiger partial charge in [-0.1, -0.05) is 30.3 Å². The topological polar surface area (TPSA) is 79.6 Å². The summed E-state index contributed by atoms with van der Waals surface area (Å²) in [5.74, 6) is 1.36. The predicted octanol–water partition coefficient (Wildman–Crippen LogP) is 4.60. The number of thiophene rings is 1. The molecule has 4 rings (SSSR count). The van der Waals surface area contributed by atoms with Crippen LogP contribution in [0.3, 0.4) is 0 Å². The monoisotopic (exact) mass is 404 g/mol. The third-order valence-electron chi connectivity index (χ3n) is 4.43. The first-order valence-corrected chi connectivity index (χ1v) is 10.0. The van der Waals surface area contributed by atoms with E-state index in [1.54, 1.807) is 42.1 Å². The molecule has 0 atom stereocenters. The summed E-state index contributed by atoms with van der Waals surface area (Å²) in [5.41, 5.74) is 3.15. The Morgan fingerprint density at radius 3 is 2.86 bits per heavy atom. The van der Waals surface area contributed by atoms with Gasteiger partial charge in [0.25, 0.3) is 0 Å². The van der Waals surface area contributed by atoms with Gasteiger partial charge in [0, 0.05) is 23.7 Å². The van der Waals surface area contributed by atoms with Gasteiger partial charge in [-0.15, -0.1) is 11.3 Å². The first kappa shape index (κ1) is 18.9. The Morgan fingerprint density at radius 2 is 2.03 bits per heavy atom. The molecule has 2 aromatic heterocycles. The van der Waals surface area contributed by atoms with E-state index in [1.807, 2.05) is 18.2 Å². The number of aliphatic imine (C=N–C) groups is 1. The number of fused-ring (bicyclic) bond motifs is 1. The number of nitrogens with one attached hydrogen (secondary N) is 1. The lowest BCUT2D eigenvalue weighted by molar-refractivity contribution is 0.373. The van der Waals surface area contributed by atoms with Gasteiger partial charge in [0.15, 0.2) is 11.5 Å². The van der Waals surface area contributed by atoms with Crippen LogP contribution in [0.2, 0.25) is 0 Å². The van der Waals surface area contributed by atoms with Crippen LogP contribution >= 0.6 is 11.3 Å². The third kappa shape index (κ3) is 4.20. The number of benzene rings is 2. The molecule has 0 saturated carbocycles.